The van der Waals surface area contributed by atoms with Crippen LogP contribution in [0.2, 0.25) is 0 Å². The maximum absolute atomic E-state index is 5.28. The normalized spacial score (nSPS) is 11.4. The second-order valence-electron chi connectivity index (χ2n) is 4.27. The van der Waals surface area contributed by atoms with Crippen molar-refractivity contribution in [2.45, 2.75) is 20.4 Å². The van der Waals surface area contributed by atoms with E-state index >= 15 is 0 Å². The van der Waals surface area contributed by atoms with Gasteiger partial charge in [0.15, 0.2) is 0 Å². The number of methoxy groups -OCH3 is 1. The molecule has 98 valence electrons. The fourth-order valence-corrected chi connectivity index (χ4v) is 2.23. The summed E-state index contributed by atoms with van der Waals surface area (Å²) in [6.07, 6.45) is 0. The number of nitrogens with one attached hydrogen (secondary N) is 1. The highest BCUT2D eigenvalue weighted by atomic mass is 32.1. The molecule has 17 heavy (non-hydrogen) atoms. The quantitative estimate of drug-likeness (QED) is 0.534. The Hall–Kier alpha value is -0.760. The Labute approximate surface area is 106 Å². The number of nitrogens with zero attached hydrogens (tertiary/aromatic N) is 3. The van der Waals surface area contributed by atoms with E-state index in [-0.39, 0.29) is 0 Å². The van der Waals surface area contributed by atoms with Gasteiger partial charge < -0.3 is 4.74 Å². The molecule has 0 unspecified atom stereocenters. The number of hydrogen-bond donors (Lipinski definition) is 2. The van der Waals surface area contributed by atoms with Crippen LogP contribution >= 0.6 is 11.3 Å². The summed E-state index contributed by atoms with van der Waals surface area (Å²) in [4.78, 5) is 2.31. The Morgan fingerprint density at radius 3 is 2.76 bits per heavy atom. The predicted molar refractivity (Wildman–Crippen MR) is 69.7 cm³/mol. The topological polar surface area (TPSA) is 76.3 Å². The van der Waals surface area contributed by atoms with Crippen molar-refractivity contribution in [2.75, 3.05) is 32.2 Å². The van der Waals surface area contributed by atoms with Crippen molar-refractivity contribution < 1.29 is 4.74 Å². The van der Waals surface area contributed by atoms with Crippen LogP contribution < -0.4 is 11.3 Å². The molecule has 0 atom stereocenters. The standard InChI is InChI=1S/C10H21N5OS/c1-8(2)6-15(4-5-16-3)7-9-13-14-10(12-11)17-9/h8H,4-7,11H2,1-3H3,(H,12,14). The second kappa shape index (κ2) is 7.54. The van der Waals surface area contributed by atoms with Crippen molar-refractivity contribution in [3.63, 3.8) is 0 Å². The summed E-state index contributed by atoms with van der Waals surface area (Å²) in [5.41, 5.74) is 2.51. The summed E-state index contributed by atoms with van der Waals surface area (Å²) in [7, 11) is 1.72. The van der Waals surface area contributed by atoms with Crippen LogP contribution in [0.3, 0.4) is 0 Å². The minimum absolute atomic E-state index is 0.617. The molecule has 0 aliphatic rings. The maximum atomic E-state index is 5.28. The lowest BCUT2D eigenvalue weighted by Crippen LogP contribution is -2.30. The number of ether oxygens (including phenoxy) is 1. The van der Waals surface area contributed by atoms with Crippen LogP contribution in [0.15, 0.2) is 0 Å². The molecule has 0 aliphatic heterocycles. The first-order valence-corrected chi connectivity index (χ1v) is 6.47. The Morgan fingerprint density at radius 2 is 2.24 bits per heavy atom. The van der Waals surface area contributed by atoms with E-state index in [1.165, 1.54) is 11.3 Å². The van der Waals surface area contributed by atoms with Gasteiger partial charge in [-0.25, -0.2) is 5.84 Å². The molecule has 1 aromatic heterocycles. The Balaban J connectivity index is 2.51. The fourth-order valence-electron chi connectivity index (χ4n) is 1.54. The molecule has 1 heterocycles. The van der Waals surface area contributed by atoms with E-state index < -0.39 is 0 Å². The molecule has 0 amide bonds. The maximum Gasteiger partial charge on any atom is 0.219 e. The van der Waals surface area contributed by atoms with Gasteiger partial charge in [0.1, 0.15) is 5.01 Å². The van der Waals surface area contributed by atoms with Gasteiger partial charge in [0, 0.05) is 20.2 Å². The molecule has 0 saturated carbocycles. The summed E-state index contributed by atoms with van der Waals surface area (Å²) in [5, 5.41) is 9.62. The third-order valence-electron chi connectivity index (χ3n) is 2.18. The summed E-state index contributed by atoms with van der Waals surface area (Å²) in [6.45, 7) is 7.85. The van der Waals surface area contributed by atoms with Crippen molar-refractivity contribution in [2.24, 2.45) is 11.8 Å². The Morgan fingerprint density at radius 1 is 1.47 bits per heavy atom. The molecule has 0 fully saturated rings. The van der Waals surface area contributed by atoms with Gasteiger partial charge in [-0.2, -0.15) is 0 Å². The van der Waals surface area contributed by atoms with E-state index in [2.05, 4.69) is 34.4 Å². The SMILES string of the molecule is COCCN(Cc1nnc(NN)s1)CC(C)C. The molecular formula is C10H21N5OS. The summed E-state index contributed by atoms with van der Waals surface area (Å²) < 4.78 is 5.11. The molecule has 6 nitrogen and oxygen atoms in total. The number of nitrogens with two attached hydrogens (primary N) is 1. The minimum Gasteiger partial charge on any atom is -0.383 e. The monoisotopic (exact) mass is 259 g/mol. The van der Waals surface area contributed by atoms with Gasteiger partial charge in [0.25, 0.3) is 0 Å². The van der Waals surface area contributed by atoms with Crippen molar-refractivity contribution in [3.05, 3.63) is 5.01 Å². The van der Waals surface area contributed by atoms with Crippen molar-refractivity contribution in [1.29, 1.82) is 0 Å². The fraction of sp³-hybridized carbons (Fsp3) is 0.800. The lowest BCUT2D eigenvalue weighted by atomic mass is 10.2. The van der Waals surface area contributed by atoms with Gasteiger partial charge in [-0.1, -0.05) is 25.2 Å². The number of anilines is 1. The smallest absolute Gasteiger partial charge is 0.219 e. The third-order valence-corrected chi connectivity index (χ3v) is 3.02. The van der Waals surface area contributed by atoms with E-state index in [4.69, 9.17) is 10.6 Å². The Bertz CT molecular complexity index is 317. The molecule has 0 radical (unpaired) electrons. The van der Waals surface area contributed by atoms with Crippen molar-refractivity contribution in [1.82, 2.24) is 15.1 Å². The molecule has 0 aromatic carbocycles. The molecule has 0 aliphatic carbocycles. The molecule has 7 heteroatoms. The van der Waals surface area contributed by atoms with E-state index in [0.29, 0.717) is 11.0 Å². The molecule has 0 saturated heterocycles. The molecule has 1 rings (SSSR count). The van der Waals surface area contributed by atoms with Gasteiger partial charge in [0.2, 0.25) is 5.13 Å². The van der Waals surface area contributed by atoms with Crippen LogP contribution in [0.25, 0.3) is 0 Å². The average Bonchev–Trinajstić information content (AvgIpc) is 2.73. The van der Waals surface area contributed by atoms with E-state index in [9.17, 15) is 0 Å². The Kier molecular flexibility index (Phi) is 6.35. The first-order valence-electron chi connectivity index (χ1n) is 5.66. The minimum atomic E-state index is 0.617. The predicted octanol–water partition coefficient (Wildman–Crippen LogP) is 0.928. The highest BCUT2D eigenvalue weighted by Gasteiger charge is 2.11. The zero-order chi connectivity index (χ0) is 12.7. The summed E-state index contributed by atoms with van der Waals surface area (Å²) in [5.74, 6) is 5.90. The zero-order valence-corrected chi connectivity index (χ0v) is 11.5. The van der Waals surface area contributed by atoms with Crippen LogP contribution in [-0.4, -0.2) is 41.9 Å². The zero-order valence-electron chi connectivity index (χ0n) is 10.6. The van der Waals surface area contributed by atoms with E-state index in [1.54, 1.807) is 7.11 Å². The second-order valence-corrected chi connectivity index (χ2v) is 5.33. The van der Waals surface area contributed by atoms with Crippen molar-refractivity contribution >= 4 is 16.5 Å². The lowest BCUT2D eigenvalue weighted by molar-refractivity contribution is 0.136. The molecule has 1 aromatic rings. The van der Waals surface area contributed by atoms with Crippen LogP contribution in [-0.2, 0) is 11.3 Å². The van der Waals surface area contributed by atoms with Gasteiger partial charge in [0.05, 0.1) is 13.2 Å². The van der Waals surface area contributed by atoms with E-state index in [0.717, 1.165) is 31.2 Å². The first kappa shape index (κ1) is 14.3. The number of hydrazine groups is 1. The van der Waals surface area contributed by atoms with Gasteiger partial charge in [-0.3, -0.25) is 10.3 Å². The van der Waals surface area contributed by atoms with E-state index in [1.807, 2.05) is 0 Å². The highest BCUT2D eigenvalue weighted by molar-refractivity contribution is 7.15. The van der Waals surface area contributed by atoms with Gasteiger partial charge >= 0.3 is 0 Å². The van der Waals surface area contributed by atoms with Crippen molar-refractivity contribution in [3.8, 4) is 0 Å². The number of hydrogen-bond acceptors (Lipinski definition) is 7. The molecule has 3 N–H and O–H groups in total. The molecule has 0 spiro atoms. The average molecular weight is 259 g/mol. The summed E-state index contributed by atoms with van der Waals surface area (Å²) in [6, 6.07) is 0. The van der Waals surface area contributed by atoms with Crippen LogP contribution in [0.4, 0.5) is 5.13 Å². The van der Waals surface area contributed by atoms with Crippen LogP contribution in [0, 0.1) is 5.92 Å². The molecule has 0 bridgehead atoms. The van der Waals surface area contributed by atoms with Crippen LogP contribution in [0.1, 0.15) is 18.9 Å². The highest BCUT2D eigenvalue weighted by Crippen LogP contribution is 2.16. The van der Waals surface area contributed by atoms with Gasteiger partial charge in [-0.15, -0.1) is 10.2 Å². The summed E-state index contributed by atoms with van der Waals surface area (Å²) >= 11 is 1.48. The lowest BCUT2D eigenvalue weighted by Gasteiger charge is -2.22. The van der Waals surface area contributed by atoms with Crippen LogP contribution in [0.5, 0.6) is 0 Å². The number of aromatic nitrogens is 2. The molecular weight excluding hydrogens is 238 g/mol. The first-order chi connectivity index (χ1) is 8.15. The van der Waals surface area contributed by atoms with Gasteiger partial charge in [-0.05, 0) is 5.92 Å². The number of rotatable bonds is 8. The number of nitrogen functional groups attached to an aromatic ring is 1. The largest absolute Gasteiger partial charge is 0.383 e. The third kappa shape index (κ3) is 5.40.